The lowest BCUT2D eigenvalue weighted by Crippen LogP contribution is -2.02. The third kappa shape index (κ3) is 2.63. The molecule has 0 aliphatic carbocycles. The highest BCUT2D eigenvalue weighted by atomic mass is 16.5. The molecular formula is C17H17NO. The zero-order valence-electron chi connectivity index (χ0n) is 11.0. The summed E-state index contributed by atoms with van der Waals surface area (Å²) in [6.07, 6.45) is 2.89. The Labute approximate surface area is 113 Å². The van der Waals surface area contributed by atoms with Crippen LogP contribution in [0.2, 0.25) is 0 Å². The third-order valence-electron chi connectivity index (χ3n) is 3.43. The number of hydrogen-bond acceptors (Lipinski definition) is 1. The van der Waals surface area contributed by atoms with Crippen LogP contribution in [0.3, 0.4) is 0 Å². The average Bonchev–Trinajstić information content (AvgIpc) is 2.88. The molecule has 3 rings (SSSR count). The Balaban J connectivity index is 1.64. The second kappa shape index (κ2) is 5.19. The average molecular weight is 251 g/mol. The minimum Gasteiger partial charge on any atom is -0.493 e. The van der Waals surface area contributed by atoms with Crippen molar-refractivity contribution in [2.24, 2.45) is 0 Å². The molecule has 0 saturated carbocycles. The van der Waals surface area contributed by atoms with E-state index >= 15 is 0 Å². The Bertz CT molecular complexity index is 684. The summed E-state index contributed by atoms with van der Waals surface area (Å²) in [5, 5.41) is 1.21. The number of hydrogen-bond donors (Lipinski definition) is 1. The van der Waals surface area contributed by atoms with Crippen LogP contribution < -0.4 is 4.74 Å². The molecular weight excluding hydrogens is 234 g/mol. The molecule has 0 radical (unpaired) electrons. The van der Waals surface area contributed by atoms with Gasteiger partial charge in [0.25, 0.3) is 0 Å². The van der Waals surface area contributed by atoms with Crippen LogP contribution in [-0.4, -0.2) is 11.6 Å². The van der Waals surface area contributed by atoms with Crippen LogP contribution in [0.5, 0.6) is 5.75 Å². The molecule has 0 bridgehead atoms. The summed E-state index contributed by atoms with van der Waals surface area (Å²) in [5.41, 5.74) is 3.79. The van der Waals surface area contributed by atoms with E-state index in [0.29, 0.717) is 6.61 Å². The van der Waals surface area contributed by atoms with Gasteiger partial charge in [-0.2, -0.15) is 0 Å². The van der Waals surface area contributed by atoms with Crippen molar-refractivity contribution in [3.8, 4) is 5.75 Å². The first-order valence-electron chi connectivity index (χ1n) is 6.57. The Hall–Kier alpha value is -2.22. The molecule has 1 heterocycles. The van der Waals surface area contributed by atoms with Gasteiger partial charge in [-0.05, 0) is 41.6 Å². The predicted octanol–water partition coefficient (Wildman–Crippen LogP) is 4.10. The fourth-order valence-electron chi connectivity index (χ4n) is 2.29. The van der Waals surface area contributed by atoms with Gasteiger partial charge >= 0.3 is 0 Å². The minimum absolute atomic E-state index is 0.705. The van der Waals surface area contributed by atoms with Gasteiger partial charge in [0.1, 0.15) is 5.75 Å². The van der Waals surface area contributed by atoms with E-state index in [-0.39, 0.29) is 0 Å². The van der Waals surface area contributed by atoms with Crippen LogP contribution in [0.4, 0.5) is 0 Å². The quantitative estimate of drug-likeness (QED) is 0.742. The van der Waals surface area contributed by atoms with Crippen molar-refractivity contribution in [2.45, 2.75) is 13.3 Å². The van der Waals surface area contributed by atoms with E-state index in [1.54, 1.807) is 0 Å². The van der Waals surface area contributed by atoms with Crippen molar-refractivity contribution in [3.63, 3.8) is 0 Å². The lowest BCUT2D eigenvalue weighted by Gasteiger charge is -2.08. The summed E-state index contributed by atoms with van der Waals surface area (Å²) >= 11 is 0. The van der Waals surface area contributed by atoms with Crippen molar-refractivity contribution in [2.75, 3.05) is 6.61 Å². The summed E-state index contributed by atoms with van der Waals surface area (Å²) < 4.78 is 5.82. The molecule has 0 fully saturated rings. The molecule has 0 aliphatic rings. The molecule has 0 unspecified atom stereocenters. The maximum absolute atomic E-state index is 5.82. The van der Waals surface area contributed by atoms with Gasteiger partial charge < -0.3 is 9.72 Å². The number of rotatable bonds is 4. The first-order valence-corrected chi connectivity index (χ1v) is 6.57. The fraction of sp³-hybridized carbons (Fsp3) is 0.176. The normalized spacial score (nSPS) is 10.8. The predicted molar refractivity (Wildman–Crippen MR) is 78.7 cm³/mol. The number of aromatic nitrogens is 1. The highest BCUT2D eigenvalue weighted by Crippen LogP contribution is 2.19. The number of nitrogens with one attached hydrogen (secondary N) is 1. The van der Waals surface area contributed by atoms with Gasteiger partial charge in [-0.3, -0.25) is 0 Å². The number of H-pyrrole nitrogens is 1. The van der Waals surface area contributed by atoms with Crippen LogP contribution in [0.15, 0.2) is 54.7 Å². The summed E-state index contributed by atoms with van der Waals surface area (Å²) in [5.74, 6) is 0.920. The molecule has 0 aliphatic heterocycles. The van der Waals surface area contributed by atoms with Crippen LogP contribution >= 0.6 is 0 Å². The van der Waals surface area contributed by atoms with Crippen molar-refractivity contribution in [3.05, 3.63) is 65.9 Å². The number of fused-ring (bicyclic) bond motifs is 1. The second-order valence-electron chi connectivity index (χ2n) is 4.75. The lowest BCUT2D eigenvalue weighted by molar-refractivity contribution is 0.322. The van der Waals surface area contributed by atoms with Gasteiger partial charge in [-0.15, -0.1) is 0 Å². The maximum Gasteiger partial charge on any atom is 0.121 e. The topological polar surface area (TPSA) is 25.0 Å². The number of benzene rings is 2. The molecule has 3 aromatic rings. The highest BCUT2D eigenvalue weighted by molar-refractivity contribution is 5.80. The van der Waals surface area contributed by atoms with E-state index in [1.165, 1.54) is 16.5 Å². The van der Waals surface area contributed by atoms with E-state index in [1.807, 2.05) is 18.3 Å². The maximum atomic E-state index is 5.82. The van der Waals surface area contributed by atoms with Gasteiger partial charge in [0.05, 0.1) is 6.61 Å². The molecule has 0 spiro atoms. The fourth-order valence-corrected chi connectivity index (χ4v) is 2.29. The van der Waals surface area contributed by atoms with E-state index < -0.39 is 0 Å². The monoisotopic (exact) mass is 251 g/mol. The molecule has 0 saturated heterocycles. The van der Waals surface area contributed by atoms with Crippen molar-refractivity contribution in [1.29, 1.82) is 0 Å². The Kier molecular flexibility index (Phi) is 3.23. The van der Waals surface area contributed by atoms with E-state index in [4.69, 9.17) is 4.74 Å². The summed E-state index contributed by atoms with van der Waals surface area (Å²) in [4.78, 5) is 3.20. The first-order chi connectivity index (χ1) is 9.33. The Morgan fingerprint density at radius 1 is 1.05 bits per heavy atom. The summed E-state index contributed by atoms with van der Waals surface area (Å²) in [6, 6.07) is 16.7. The van der Waals surface area contributed by atoms with Gasteiger partial charge in [-0.1, -0.05) is 24.3 Å². The van der Waals surface area contributed by atoms with Gasteiger partial charge in [-0.25, -0.2) is 0 Å². The zero-order valence-corrected chi connectivity index (χ0v) is 11.0. The standard InChI is InChI=1S/C17H17NO/c1-13-4-2-3-5-14(13)9-11-19-16-7-6-15-8-10-18-17(15)12-16/h2-8,10,12,18H,9,11H2,1H3. The van der Waals surface area contributed by atoms with Crippen LogP contribution in [0, 0.1) is 6.92 Å². The second-order valence-corrected chi connectivity index (χ2v) is 4.75. The molecule has 2 heteroatoms. The molecule has 2 aromatic carbocycles. The SMILES string of the molecule is Cc1ccccc1CCOc1ccc2cc[nH]c2c1. The molecule has 1 N–H and O–H groups in total. The molecule has 96 valence electrons. The molecule has 0 atom stereocenters. The first kappa shape index (κ1) is 11.8. The highest BCUT2D eigenvalue weighted by Gasteiger charge is 2.00. The summed E-state index contributed by atoms with van der Waals surface area (Å²) in [7, 11) is 0. The number of aryl methyl sites for hydroxylation is 1. The van der Waals surface area contributed by atoms with Crippen molar-refractivity contribution < 1.29 is 4.74 Å². The molecule has 1 aromatic heterocycles. The van der Waals surface area contributed by atoms with Crippen LogP contribution in [-0.2, 0) is 6.42 Å². The van der Waals surface area contributed by atoms with Crippen LogP contribution in [0.1, 0.15) is 11.1 Å². The number of aromatic amines is 1. The zero-order chi connectivity index (χ0) is 13.1. The van der Waals surface area contributed by atoms with Gasteiger partial charge in [0, 0.05) is 24.2 Å². The van der Waals surface area contributed by atoms with Crippen molar-refractivity contribution in [1.82, 2.24) is 4.98 Å². The number of ether oxygens (including phenoxy) is 1. The summed E-state index contributed by atoms with van der Waals surface area (Å²) in [6.45, 7) is 2.84. The van der Waals surface area contributed by atoms with Crippen molar-refractivity contribution >= 4 is 10.9 Å². The molecule has 0 amide bonds. The Morgan fingerprint density at radius 3 is 2.84 bits per heavy atom. The molecule has 19 heavy (non-hydrogen) atoms. The van der Waals surface area contributed by atoms with E-state index in [9.17, 15) is 0 Å². The lowest BCUT2D eigenvalue weighted by atomic mass is 10.1. The van der Waals surface area contributed by atoms with Gasteiger partial charge in [0.15, 0.2) is 0 Å². The Morgan fingerprint density at radius 2 is 1.95 bits per heavy atom. The third-order valence-corrected chi connectivity index (χ3v) is 3.43. The largest absolute Gasteiger partial charge is 0.493 e. The minimum atomic E-state index is 0.705. The van der Waals surface area contributed by atoms with E-state index in [0.717, 1.165) is 17.7 Å². The van der Waals surface area contributed by atoms with E-state index in [2.05, 4.69) is 48.3 Å². The van der Waals surface area contributed by atoms with Crippen LogP contribution in [0.25, 0.3) is 10.9 Å². The van der Waals surface area contributed by atoms with Gasteiger partial charge in [0.2, 0.25) is 0 Å². The molecule has 2 nitrogen and oxygen atoms in total. The smallest absolute Gasteiger partial charge is 0.121 e.